The van der Waals surface area contributed by atoms with E-state index in [4.69, 9.17) is 4.42 Å². The maximum absolute atomic E-state index is 11.6. The van der Waals surface area contributed by atoms with E-state index in [-0.39, 0.29) is 11.9 Å². The van der Waals surface area contributed by atoms with Crippen LogP contribution in [0, 0.1) is 6.92 Å². The minimum Gasteiger partial charge on any atom is -0.441 e. The lowest BCUT2D eigenvalue weighted by Gasteiger charge is -2.06. The first-order chi connectivity index (χ1) is 9.56. The number of benzene rings is 1. The average molecular weight is 272 g/mol. The second-order valence-electron chi connectivity index (χ2n) is 5.11. The molecule has 1 amide bonds. The topological polar surface area (TPSA) is 55.1 Å². The normalized spacial score (nSPS) is 10.8. The van der Waals surface area contributed by atoms with E-state index in [0.717, 1.165) is 17.0 Å². The van der Waals surface area contributed by atoms with Crippen LogP contribution in [0.15, 0.2) is 34.7 Å². The fraction of sp³-hybridized carbons (Fsp3) is 0.375. The minimum atomic E-state index is 0.0451. The molecular formula is C16H20N2O2. The lowest BCUT2D eigenvalue weighted by molar-refractivity contribution is -0.121. The molecule has 1 aromatic carbocycles. The largest absolute Gasteiger partial charge is 0.441 e. The van der Waals surface area contributed by atoms with Crippen LogP contribution in [0.5, 0.6) is 0 Å². The number of aryl methyl sites for hydroxylation is 2. The fourth-order valence-electron chi connectivity index (χ4n) is 1.99. The van der Waals surface area contributed by atoms with Crippen LogP contribution >= 0.6 is 0 Å². The van der Waals surface area contributed by atoms with E-state index in [1.54, 1.807) is 0 Å². The summed E-state index contributed by atoms with van der Waals surface area (Å²) in [5.74, 6) is 1.44. The van der Waals surface area contributed by atoms with Gasteiger partial charge in [-0.3, -0.25) is 4.79 Å². The summed E-state index contributed by atoms with van der Waals surface area (Å²) in [6, 6.07) is 9.94. The van der Waals surface area contributed by atoms with Gasteiger partial charge in [0.05, 0.1) is 5.69 Å². The third kappa shape index (κ3) is 3.70. The Morgan fingerprint density at radius 1 is 1.30 bits per heavy atom. The number of aromatic nitrogens is 1. The van der Waals surface area contributed by atoms with Crippen molar-refractivity contribution in [3.05, 3.63) is 41.8 Å². The molecule has 0 spiro atoms. The smallest absolute Gasteiger partial charge is 0.226 e. The van der Waals surface area contributed by atoms with Gasteiger partial charge in [0.25, 0.3) is 0 Å². The summed E-state index contributed by atoms with van der Waals surface area (Å²) in [5, 5.41) is 2.87. The maximum atomic E-state index is 11.6. The molecule has 4 heteroatoms. The number of hydrogen-bond acceptors (Lipinski definition) is 3. The lowest BCUT2D eigenvalue weighted by atomic mass is 10.2. The summed E-state index contributed by atoms with van der Waals surface area (Å²) in [6.45, 7) is 5.79. The van der Waals surface area contributed by atoms with Crippen LogP contribution in [0.4, 0.5) is 0 Å². The second-order valence-corrected chi connectivity index (χ2v) is 5.11. The number of nitrogens with zero attached hydrogens (tertiary/aromatic N) is 1. The monoisotopic (exact) mass is 272 g/mol. The van der Waals surface area contributed by atoms with Gasteiger partial charge in [-0.15, -0.1) is 0 Å². The molecule has 0 aliphatic heterocycles. The fourth-order valence-corrected chi connectivity index (χ4v) is 1.99. The molecule has 0 atom stereocenters. The van der Waals surface area contributed by atoms with E-state index >= 15 is 0 Å². The number of rotatable bonds is 5. The van der Waals surface area contributed by atoms with Crippen molar-refractivity contribution in [1.82, 2.24) is 10.3 Å². The number of carbonyl (C=O) groups excluding carboxylic acids is 1. The Morgan fingerprint density at radius 2 is 2.00 bits per heavy atom. The average Bonchev–Trinajstić information content (AvgIpc) is 2.78. The molecule has 1 aromatic heterocycles. The first-order valence-electron chi connectivity index (χ1n) is 6.87. The SMILES string of the molecule is Cc1oc(-c2ccccc2)nc1CCC(=O)NC(C)C. The number of amides is 1. The molecular weight excluding hydrogens is 252 g/mol. The quantitative estimate of drug-likeness (QED) is 0.910. The van der Waals surface area contributed by atoms with Gasteiger partial charge < -0.3 is 9.73 Å². The van der Waals surface area contributed by atoms with Gasteiger partial charge in [-0.25, -0.2) is 4.98 Å². The Labute approximate surface area is 119 Å². The van der Waals surface area contributed by atoms with Gasteiger partial charge in [0, 0.05) is 24.4 Å². The van der Waals surface area contributed by atoms with Gasteiger partial charge in [0.15, 0.2) is 0 Å². The Hall–Kier alpha value is -2.10. The Bertz CT molecular complexity index is 573. The lowest BCUT2D eigenvalue weighted by Crippen LogP contribution is -2.30. The summed E-state index contributed by atoms with van der Waals surface area (Å²) in [5.41, 5.74) is 1.80. The Balaban J connectivity index is 2.03. The van der Waals surface area contributed by atoms with Crippen LogP contribution in [0.2, 0.25) is 0 Å². The van der Waals surface area contributed by atoms with Crippen LogP contribution in [0.1, 0.15) is 31.7 Å². The molecule has 2 rings (SSSR count). The Kier molecular flexibility index (Phi) is 4.56. The van der Waals surface area contributed by atoms with Gasteiger partial charge in [-0.05, 0) is 32.9 Å². The van der Waals surface area contributed by atoms with Crippen LogP contribution in [0.3, 0.4) is 0 Å². The number of nitrogens with one attached hydrogen (secondary N) is 1. The van der Waals surface area contributed by atoms with E-state index < -0.39 is 0 Å². The van der Waals surface area contributed by atoms with E-state index in [9.17, 15) is 4.79 Å². The van der Waals surface area contributed by atoms with Crippen molar-refractivity contribution in [3.63, 3.8) is 0 Å². The van der Waals surface area contributed by atoms with Gasteiger partial charge in [0.2, 0.25) is 11.8 Å². The highest BCUT2D eigenvalue weighted by molar-refractivity contribution is 5.76. The Morgan fingerprint density at radius 3 is 2.65 bits per heavy atom. The number of carbonyl (C=O) groups is 1. The summed E-state index contributed by atoms with van der Waals surface area (Å²) in [7, 11) is 0. The summed E-state index contributed by atoms with van der Waals surface area (Å²) < 4.78 is 5.67. The molecule has 0 bridgehead atoms. The third-order valence-electron chi connectivity index (χ3n) is 2.95. The maximum Gasteiger partial charge on any atom is 0.226 e. The molecule has 0 unspecified atom stereocenters. The van der Waals surface area contributed by atoms with E-state index in [1.165, 1.54) is 0 Å². The van der Waals surface area contributed by atoms with Gasteiger partial charge in [-0.2, -0.15) is 0 Å². The molecule has 0 aliphatic rings. The van der Waals surface area contributed by atoms with Gasteiger partial charge >= 0.3 is 0 Å². The van der Waals surface area contributed by atoms with Crippen LogP contribution < -0.4 is 5.32 Å². The van der Waals surface area contributed by atoms with Crippen molar-refractivity contribution < 1.29 is 9.21 Å². The molecule has 1 N–H and O–H groups in total. The van der Waals surface area contributed by atoms with Crippen molar-refractivity contribution in [2.24, 2.45) is 0 Å². The van der Waals surface area contributed by atoms with E-state index in [0.29, 0.717) is 18.7 Å². The zero-order valence-corrected chi connectivity index (χ0v) is 12.1. The molecule has 106 valence electrons. The zero-order chi connectivity index (χ0) is 14.5. The molecule has 4 nitrogen and oxygen atoms in total. The molecule has 20 heavy (non-hydrogen) atoms. The standard InChI is InChI=1S/C16H20N2O2/c1-11(2)17-15(19)10-9-14-12(3)20-16(18-14)13-7-5-4-6-8-13/h4-8,11H,9-10H2,1-3H3,(H,17,19). The van der Waals surface area contributed by atoms with Crippen LogP contribution in [-0.4, -0.2) is 16.9 Å². The third-order valence-corrected chi connectivity index (χ3v) is 2.95. The molecule has 0 aliphatic carbocycles. The van der Waals surface area contributed by atoms with Crippen LogP contribution in [0.25, 0.3) is 11.5 Å². The molecule has 2 aromatic rings. The first kappa shape index (κ1) is 14.3. The van der Waals surface area contributed by atoms with E-state index in [2.05, 4.69) is 10.3 Å². The van der Waals surface area contributed by atoms with E-state index in [1.807, 2.05) is 51.1 Å². The molecule has 1 heterocycles. The van der Waals surface area contributed by atoms with Crippen molar-refractivity contribution in [2.75, 3.05) is 0 Å². The summed E-state index contributed by atoms with van der Waals surface area (Å²) in [4.78, 5) is 16.1. The highest BCUT2D eigenvalue weighted by Gasteiger charge is 2.12. The second kappa shape index (κ2) is 6.37. The van der Waals surface area contributed by atoms with Crippen LogP contribution in [-0.2, 0) is 11.2 Å². The van der Waals surface area contributed by atoms with Gasteiger partial charge in [-0.1, -0.05) is 18.2 Å². The van der Waals surface area contributed by atoms with Gasteiger partial charge in [0.1, 0.15) is 5.76 Å². The van der Waals surface area contributed by atoms with Crippen molar-refractivity contribution in [3.8, 4) is 11.5 Å². The molecule has 0 radical (unpaired) electrons. The summed E-state index contributed by atoms with van der Waals surface area (Å²) >= 11 is 0. The van der Waals surface area contributed by atoms with Crippen molar-refractivity contribution in [1.29, 1.82) is 0 Å². The zero-order valence-electron chi connectivity index (χ0n) is 12.1. The minimum absolute atomic E-state index is 0.0451. The number of hydrogen-bond donors (Lipinski definition) is 1. The first-order valence-corrected chi connectivity index (χ1v) is 6.87. The highest BCUT2D eigenvalue weighted by Crippen LogP contribution is 2.21. The molecule has 0 saturated heterocycles. The number of oxazole rings is 1. The predicted octanol–water partition coefficient (Wildman–Crippen LogP) is 3.11. The van der Waals surface area contributed by atoms with Crippen molar-refractivity contribution >= 4 is 5.91 Å². The summed E-state index contributed by atoms with van der Waals surface area (Å²) in [6.07, 6.45) is 1.03. The molecule has 0 saturated carbocycles. The molecule has 0 fully saturated rings. The van der Waals surface area contributed by atoms with Crippen molar-refractivity contribution in [2.45, 2.75) is 39.7 Å². The predicted molar refractivity (Wildman–Crippen MR) is 78.3 cm³/mol. The highest BCUT2D eigenvalue weighted by atomic mass is 16.4.